The Hall–Kier alpha value is -3.35. The van der Waals surface area contributed by atoms with Crippen LogP contribution in [0.2, 0.25) is 0 Å². The molecule has 0 radical (unpaired) electrons. The Morgan fingerprint density at radius 3 is 2.39 bits per heavy atom. The van der Waals surface area contributed by atoms with Crippen molar-refractivity contribution in [3.8, 4) is 11.5 Å². The second-order valence-electron chi connectivity index (χ2n) is 7.79. The zero-order chi connectivity index (χ0) is 22.1. The Balaban J connectivity index is 1.63. The molecule has 0 spiro atoms. The Morgan fingerprint density at radius 1 is 1.10 bits per heavy atom. The summed E-state index contributed by atoms with van der Waals surface area (Å²) in [7, 11) is 3.11. The third kappa shape index (κ3) is 4.00. The summed E-state index contributed by atoms with van der Waals surface area (Å²) in [6.45, 7) is 0.266. The molecule has 6 nitrogen and oxygen atoms in total. The van der Waals surface area contributed by atoms with E-state index in [2.05, 4.69) is 0 Å². The van der Waals surface area contributed by atoms with E-state index in [-0.39, 0.29) is 23.8 Å². The molecule has 0 bridgehead atoms. The van der Waals surface area contributed by atoms with Crippen molar-refractivity contribution in [2.24, 2.45) is 5.92 Å². The van der Waals surface area contributed by atoms with Gasteiger partial charge in [0.05, 0.1) is 25.8 Å². The molecular weight excluding hydrogens is 401 g/mol. The molecule has 2 aromatic rings. The molecule has 1 amide bonds. The van der Waals surface area contributed by atoms with Gasteiger partial charge in [0.2, 0.25) is 0 Å². The van der Waals surface area contributed by atoms with Gasteiger partial charge in [-0.05, 0) is 54.7 Å². The number of rotatable bonds is 8. The van der Waals surface area contributed by atoms with Crippen LogP contribution in [0.5, 0.6) is 11.5 Å². The van der Waals surface area contributed by atoms with Crippen LogP contribution < -0.4 is 9.47 Å². The molecule has 1 saturated carbocycles. The van der Waals surface area contributed by atoms with Gasteiger partial charge in [-0.15, -0.1) is 0 Å². The minimum absolute atomic E-state index is 0.117. The van der Waals surface area contributed by atoms with Crippen molar-refractivity contribution in [2.45, 2.75) is 25.3 Å². The number of ether oxygens (including phenoxy) is 2. The number of carbonyl (C=O) groups is 2. The first-order valence-electron chi connectivity index (χ1n) is 10.2. The minimum atomic E-state index is -0.735. The number of ketones is 1. The molecule has 0 saturated heterocycles. The Morgan fingerprint density at radius 2 is 1.77 bits per heavy atom. The molecule has 0 unspecified atom stereocenters. The zero-order valence-corrected chi connectivity index (χ0v) is 17.4. The molecule has 0 aromatic heterocycles. The SMILES string of the molecule is COc1ccc(CCN2C(=O)C(O)=C(C(=O)C3CC3)[C@H]2c2ccc(F)cc2)cc1OC. The van der Waals surface area contributed by atoms with Crippen LogP contribution in [-0.4, -0.2) is 42.5 Å². The van der Waals surface area contributed by atoms with Gasteiger partial charge in [0, 0.05) is 12.5 Å². The lowest BCUT2D eigenvalue weighted by molar-refractivity contribution is -0.129. The first-order valence-corrected chi connectivity index (χ1v) is 10.2. The van der Waals surface area contributed by atoms with Crippen LogP contribution in [-0.2, 0) is 16.0 Å². The number of halogens is 1. The van der Waals surface area contributed by atoms with E-state index in [1.54, 1.807) is 32.4 Å². The molecule has 1 aliphatic heterocycles. The van der Waals surface area contributed by atoms with Crippen LogP contribution in [0.1, 0.15) is 30.0 Å². The number of aliphatic hydroxyl groups is 1. The lowest BCUT2D eigenvalue weighted by atomic mass is 9.94. The van der Waals surface area contributed by atoms with Gasteiger partial charge < -0.3 is 19.5 Å². The molecule has 1 atom stereocenters. The molecule has 1 fully saturated rings. The van der Waals surface area contributed by atoms with E-state index >= 15 is 0 Å². The standard InChI is InChI=1S/C24H24FNO5/c1-30-18-10-3-14(13-19(18)31-2)11-12-26-21(15-6-8-17(25)9-7-15)20(23(28)24(26)29)22(27)16-4-5-16/h3,6-10,13,16,21,28H,4-5,11-12H2,1-2H3/t21-/m1/s1. The summed E-state index contributed by atoms with van der Waals surface area (Å²) in [5.41, 5.74) is 1.62. The van der Waals surface area contributed by atoms with Crippen molar-refractivity contribution in [1.29, 1.82) is 0 Å². The van der Waals surface area contributed by atoms with Crippen LogP contribution in [0, 0.1) is 11.7 Å². The molecule has 2 aliphatic rings. The van der Waals surface area contributed by atoms with Gasteiger partial charge in [0.15, 0.2) is 23.0 Å². The van der Waals surface area contributed by atoms with E-state index in [0.29, 0.717) is 23.5 Å². The van der Waals surface area contributed by atoms with Crippen molar-refractivity contribution in [2.75, 3.05) is 20.8 Å². The van der Waals surface area contributed by atoms with E-state index in [1.807, 2.05) is 12.1 Å². The lowest BCUT2D eigenvalue weighted by Gasteiger charge is -2.27. The predicted octanol–water partition coefficient (Wildman–Crippen LogP) is 3.76. The third-order valence-corrected chi connectivity index (χ3v) is 5.79. The number of methoxy groups -OCH3 is 2. The number of benzene rings is 2. The van der Waals surface area contributed by atoms with Crippen LogP contribution in [0.25, 0.3) is 0 Å². The maximum Gasteiger partial charge on any atom is 0.290 e. The van der Waals surface area contributed by atoms with E-state index in [1.165, 1.54) is 17.0 Å². The van der Waals surface area contributed by atoms with Gasteiger partial charge in [-0.25, -0.2) is 4.39 Å². The molecule has 1 N–H and O–H groups in total. The van der Waals surface area contributed by atoms with Crippen LogP contribution in [0.3, 0.4) is 0 Å². The summed E-state index contributed by atoms with van der Waals surface area (Å²) in [5.74, 6) is -0.671. The summed E-state index contributed by atoms with van der Waals surface area (Å²) < 4.78 is 24.1. The highest BCUT2D eigenvalue weighted by atomic mass is 19.1. The highest BCUT2D eigenvalue weighted by Gasteiger charge is 2.46. The molecule has 2 aromatic carbocycles. The van der Waals surface area contributed by atoms with Gasteiger partial charge in [-0.2, -0.15) is 0 Å². The number of nitrogens with zero attached hydrogens (tertiary/aromatic N) is 1. The van der Waals surface area contributed by atoms with E-state index < -0.39 is 23.5 Å². The van der Waals surface area contributed by atoms with Gasteiger partial charge in [-0.3, -0.25) is 9.59 Å². The van der Waals surface area contributed by atoms with Gasteiger partial charge in [-0.1, -0.05) is 18.2 Å². The molecule has 162 valence electrons. The lowest BCUT2D eigenvalue weighted by Crippen LogP contribution is -2.33. The topological polar surface area (TPSA) is 76.1 Å². The summed E-state index contributed by atoms with van der Waals surface area (Å²) in [6.07, 6.45) is 1.99. The van der Waals surface area contributed by atoms with Crippen LogP contribution in [0.4, 0.5) is 4.39 Å². The summed E-state index contributed by atoms with van der Waals surface area (Å²) in [4.78, 5) is 27.3. The molecular formula is C24H24FNO5. The molecule has 1 heterocycles. The minimum Gasteiger partial charge on any atom is -0.503 e. The Labute approximate surface area is 179 Å². The highest BCUT2D eigenvalue weighted by molar-refractivity contribution is 6.10. The molecule has 7 heteroatoms. The summed E-state index contributed by atoms with van der Waals surface area (Å²) in [6, 6.07) is 10.4. The van der Waals surface area contributed by atoms with Crippen LogP contribution >= 0.6 is 0 Å². The van der Waals surface area contributed by atoms with Gasteiger partial charge >= 0.3 is 0 Å². The largest absolute Gasteiger partial charge is 0.503 e. The van der Waals surface area contributed by atoms with Crippen molar-refractivity contribution in [1.82, 2.24) is 4.90 Å². The van der Waals surface area contributed by atoms with E-state index in [9.17, 15) is 19.1 Å². The number of Topliss-reactive ketones (excluding diaryl/α,β-unsaturated/α-hetero) is 1. The average Bonchev–Trinajstić information content (AvgIpc) is 3.60. The first kappa shape index (κ1) is 20.9. The third-order valence-electron chi connectivity index (χ3n) is 5.79. The van der Waals surface area contributed by atoms with Crippen molar-refractivity contribution in [3.63, 3.8) is 0 Å². The van der Waals surface area contributed by atoms with Gasteiger partial charge in [0.25, 0.3) is 5.91 Å². The van der Waals surface area contributed by atoms with E-state index in [0.717, 1.165) is 18.4 Å². The van der Waals surface area contributed by atoms with Crippen molar-refractivity contribution in [3.05, 3.63) is 70.7 Å². The zero-order valence-electron chi connectivity index (χ0n) is 17.4. The Bertz CT molecular complexity index is 1040. The second-order valence-corrected chi connectivity index (χ2v) is 7.79. The van der Waals surface area contributed by atoms with Crippen molar-refractivity contribution < 1.29 is 28.6 Å². The first-order chi connectivity index (χ1) is 14.9. The predicted molar refractivity (Wildman–Crippen MR) is 111 cm³/mol. The smallest absolute Gasteiger partial charge is 0.290 e. The number of hydrogen-bond donors (Lipinski definition) is 1. The average molecular weight is 425 g/mol. The summed E-state index contributed by atoms with van der Waals surface area (Å²) >= 11 is 0. The molecule has 1 aliphatic carbocycles. The number of amides is 1. The number of aliphatic hydroxyl groups excluding tert-OH is 1. The number of carbonyl (C=O) groups excluding carboxylic acids is 2. The molecule has 31 heavy (non-hydrogen) atoms. The highest BCUT2D eigenvalue weighted by Crippen LogP contribution is 2.43. The second kappa shape index (κ2) is 8.41. The molecule has 4 rings (SSSR count). The summed E-state index contributed by atoms with van der Waals surface area (Å²) in [5, 5.41) is 10.6. The fourth-order valence-corrected chi connectivity index (χ4v) is 3.98. The van der Waals surface area contributed by atoms with Crippen molar-refractivity contribution >= 4 is 11.7 Å². The maximum atomic E-state index is 13.5. The fraction of sp³-hybridized carbons (Fsp3) is 0.333. The maximum absolute atomic E-state index is 13.5. The quantitative estimate of drug-likeness (QED) is 0.697. The number of hydrogen-bond acceptors (Lipinski definition) is 5. The van der Waals surface area contributed by atoms with Crippen LogP contribution in [0.15, 0.2) is 53.8 Å². The Kier molecular flexibility index (Phi) is 5.67. The van der Waals surface area contributed by atoms with Gasteiger partial charge in [0.1, 0.15) is 5.82 Å². The monoisotopic (exact) mass is 425 g/mol. The fourth-order valence-electron chi connectivity index (χ4n) is 3.98. The normalized spacial score (nSPS) is 18.5. The van der Waals surface area contributed by atoms with E-state index in [4.69, 9.17) is 9.47 Å².